The maximum absolute atomic E-state index is 11.5. The Kier molecular flexibility index (Phi) is 2.69. The molecule has 0 unspecified atom stereocenters. The van der Waals surface area contributed by atoms with Crippen LogP contribution in [0.25, 0.3) is 32.9 Å². The van der Waals surface area contributed by atoms with E-state index in [4.69, 9.17) is 8.83 Å². The topological polar surface area (TPSA) is 43.4 Å². The summed E-state index contributed by atoms with van der Waals surface area (Å²) in [5, 5.41) is 3.84. The lowest BCUT2D eigenvalue weighted by Gasteiger charge is -2.00. The number of fused-ring (bicyclic) bond motifs is 4. The summed E-state index contributed by atoms with van der Waals surface area (Å²) in [6, 6.07) is 11.5. The average Bonchev–Trinajstić information content (AvgIpc) is 2.81. The molecule has 4 aromatic rings. The molecule has 0 atom stereocenters. The summed E-state index contributed by atoms with van der Waals surface area (Å²) < 4.78 is 11.2. The minimum Gasteiger partial charge on any atom is -0.456 e. The van der Waals surface area contributed by atoms with Gasteiger partial charge in [-0.1, -0.05) is 28.1 Å². The monoisotopic (exact) mass is 342 g/mol. The maximum atomic E-state index is 11.5. The van der Waals surface area contributed by atoms with Gasteiger partial charge in [0, 0.05) is 33.6 Å². The second-order valence-corrected chi connectivity index (χ2v) is 5.72. The van der Waals surface area contributed by atoms with Gasteiger partial charge in [-0.3, -0.25) is 0 Å². The zero-order valence-corrected chi connectivity index (χ0v) is 12.9. The van der Waals surface area contributed by atoms with Crippen LogP contribution in [0.3, 0.4) is 0 Å². The Morgan fingerprint density at radius 2 is 1.67 bits per heavy atom. The van der Waals surface area contributed by atoms with Crippen LogP contribution in [0.15, 0.2) is 50.0 Å². The van der Waals surface area contributed by atoms with E-state index in [0.717, 1.165) is 43.8 Å². The molecule has 0 N–H and O–H groups in total. The van der Waals surface area contributed by atoms with E-state index < -0.39 is 0 Å². The van der Waals surface area contributed by atoms with E-state index in [1.54, 1.807) is 6.07 Å². The lowest BCUT2D eigenvalue weighted by Crippen LogP contribution is -1.97. The van der Waals surface area contributed by atoms with Gasteiger partial charge in [0.25, 0.3) is 0 Å². The minimum atomic E-state index is -0.336. The Morgan fingerprint density at radius 1 is 0.905 bits per heavy atom. The fraction of sp³-hybridized carbons (Fsp3) is 0.118. The lowest BCUT2D eigenvalue weighted by atomic mass is 10.1. The molecule has 0 radical (unpaired) electrons. The van der Waals surface area contributed by atoms with Gasteiger partial charge in [0.05, 0.1) is 0 Å². The van der Waals surface area contributed by atoms with Crippen LogP contribution in [-0.2, 0) is 5.33 Å². The third-order valence-electron chi connectivity index (χ3n) is 3.76. The molecule has 0 saturated carbocycles. The second kappa shape index (κ2) is 4.46. The molecule has 2 aromatic carbocycles. The number of halogens is 1. The summed E-state index contributed by atoms with van der Waals surface area (Å²) in [4.78, 5) is 11.5. The molecule has 0 aliphatic heterocycles. The SMILES string of the molecule is Cc1cc(=O)oc2cc3oc4cc(CBr)ccc4c3cc12. The number of rotatable bonds is 1. The van der Waals surface area contributed by atoms with Crippen molar-refractivity contribution in [2.24, 2.45) is 0 Å². The molecule has 0 aliphatic rings. The van der Waals surface area contributed by atoms with Gasteiger partial charge in [-0.15, -0.1) is 0 Å². The summed E-state index contributed by atoms with van der Waals surface area (Å²) >= 11 is 3.45. The van der Waals surface area contributed by atoms with Gasteiger partial charge in [-0.2, -0.15) is 0 Å². The van der Waals surface area contributed by atoms with Gasteiger partial charge in [-0.25, -0.2) is 4.79 Å². The van der Waals surface area contributed by atoms with Crippen molar-refractivity contribution in [2.75, 3.05) is 0 Å². The van der Waals surface area contributed by atoms with E-state index in [2.05, 4.69) is 28.1 Å². The maximum Gasteiger partial charge on any atom is 0.336 e. The molecule has 0 bridgehead atoms. The minimum absolute atomic E-state index is 0.336. The summed E-state index contributed by atoms with van der Waals surface area (Å²) in [5.41, 5.74) is 3.88. The van der Waals surface area contributed by atoms with Crippen LogP contribution in [0, 0.1) is 6.92 Å². The van der Waals surface area contributed by atoms with Crippen LogP contribution in [0.4, 0.5) is 0 Å². The Bertz CT molecular complexity index is 1060. The Labute approximate surface area is 128 Å². The first-order valence-corrected chi connectivity index (χ1v) is 7.73. The van der Waals surface area contributed by atoms with E-state index in [1.807, 2.05) is 19.1 Å². The summed E-state index contributed by atoms with van der Waals surface area (Å²) in [5.74, 6) is 0. The molecule has 0 aliphatic carbocycles. The zero-order chi connectivity index (χ0) is 14.6. The molecule has 0 spiro atoms. The predicted octanol–water partition coefficient (Wildman–Crippen LogP) is 4.90. The van der Waals surface area contributed by atoms with Crippen molar-refractivity contribution < 1.29 is 8.83 Å². The molecular formula is C17H11BrO3. The number of furan rings is 1. The van der Waals surface area contributed by atoms with Crippen LogP contribution in [-0.4, -0.2) is 0 Å². The first-order chi connectivity index (χ1) is 10.2. The largest absolute Gasteiger partial charge is 0.456 e. The Morgan fingerprint density at radius 3 is 2.48 bits per heavy atom. The van der Waals surface area contributed by atoms with Crippen molar-refractivity contribution in [1.82, 2.24) is 0 Å². The van der Waals surface area contributed by atoms with E-state index in [9.17, 15) is 4.79 Å². The van der Waals surface area contributed by atoms with E-state index in [-0.39, 0.29) is 5.63 Å². The average molecular weight is 343 g/mol. The van der Waals surface area contributed by atoms with Crippen LogP contribution in [0.1, 0.15) is 11.1 Å². The summed E-state index contributed by atoms with van der Waals surface area (Å²) in [6.07, 6.45) is 0. The summed E-state index contributed by atoms with van der Waals surface area (Å²) in [7, 11) is 0. The van der Waals surface area contributed by atoms with Gasteiger partial charge < -0.3 is 8.83 Å². The molecule has 3 nitrogen and oxygen atoms in total. The van der Waals surface area contributed by atoms with Crippen molar-refractivity contribution >= 4 is 48.8 Å². The van der Waals surface area contributed by atoms with Crippen molar-refractivity contribution in [1.29, 1.82) is 0 Å². The zero-order valence-electron chi connectivity index (χ0n) is 11.3. The molecular weight excluding hydrogens is 332 g/mol. The molecule has 21 heavy (non-hydrogen) atoms. The van der Waals surface area contributed by atoms with E-state index in [0.29, 0.717) is 5.58 Å². The van der Waals surface area contributed by atoms with Gasteiger partial charge in [0.2, 0.25) is 0 Å². The molecule has 0 fully saturated rings. The van der Waals surface area contributed by atoms with Crippen molar-refractivity contribution in [3.63, 3.8) is 0 Å². The highest BCUT2D eigenvalue weighted by Crippen LogP contribution is 2.33. The van der Waals surface area contributed by atoms with Crippen molar-refractivity contribution in [3.05, 3.63) is 57.9 Å². The van der Waals surface area contributed by atoms with Crippen LogP contribution in [0.5, 0.6) is 0 Å². The Hall–Kier alpha value is -2.07. The predicted molar refractivity (Wildman–Crippen MR) is 87.1 cm³/mol. The number of hydrogen-bond acceptors (Lipinski definition) is 3. The fourth-order valence-electron chi connectivity index (χ4n) is 2.72. The van der Waals surface area contributed by atoms with Gasteiger partial charge in [-0.05, 0) is 30.2 Å². The first-order valence-electron chi connectivity index (χ1n) is 6.61. The molecule has 0 saturated heterocycles. The van der Waals surface area contributed by atoms with E-state index in [1.165, 1.54) is 6.07 Å². The first kappa shape index (κ1) is 12.7. The number of benzene rings is 2. The standard InChI is InChI=1S/C17H11BrO3/c1-9-4-17(19)21-15-7-16-13(6-12(9)15)11-3-2-10(8-18)5-14(11)20-16/h2-7H,8H2,1H3. The van der Waals surface area contributed by atoms with Gasteiger partial charge in [0.15, 0.2) is 0 Å². The van der Waals surface area contributed by atoms with Gasteiger partial charge in [0.1, 0.15) is 16.7 Å². The smallest absolute Gasteiger partial charge is 0.336 e. The molecule has 4 heteroatoms. The van der Waals surface area contributed by atoms with Crippen LogP contribution in [0.2, 0.25) is 0 Å². The highest BCUT2D eigenvalue weighted by atomic mass is 79.9. The Balaban J connectivity index is 2.17. The highest BCUT2D eigenvalue weighted by molar-refractivity contribution is 9.08. The molecule has 2 aromatic heterocycles. The van der Waals surface area contributed by atoms with Crippen LogP contribution >= 0.6 is 15.9 Å². The molecule has 0 amide bonds. The number of hydrogen-bond donors (Lipinski definition) is 0. The highest BCUT2D eigenvalue weighted by Gasteiger charge is 2.11. The summed E-state index contributed by atoms with van der Waals surface area (Å²) in [6.45, 7) is 1.91. The fourth-order valence-corrected chi connectivity index (χ4v) is 3.07. The molecule has 4 rings (SSSR count). The van der Waals surface area contributed by atoms with Crippen molar-refractivity contribution in [2.45, 2.75) is 12.3 Å². The molecule has 104 valence electrons. The number of alkyl halides is 1. The normalized spacial score (nSPS) is 11.7. The van der Waals surface area contributed by atoms with E-state index >= 15 is 0 Å². The van der Waals surface area contributed by atoms with Crippen molar-refractivity contribution in [3.8, 4) is 0 Å². The number of aryl methyl sites for hydroxylation is 1. The lowest BCUT2D eigenvalue weighted by molar-refractivity contribution is 0.559. The van der Waals surface area contributed by atoms with Gasteiger partial charge >= 0.3 is 5.63 Å². The second-order valence-electron chi connectivity index (χ2n) is 5.16. The van der Waals surface area contributed by atoms with Crippen LogP contribution < -0.4 is 5.63 Å². The quantitative estimate of drug-likeness (QED) is 0.365. The third-order valence-corrected chi connectivity index (χ3v) is 4.41. The molecule has 2 heterocycles. The third kappa shape index (κ3) is 1.90.